The molecule has 0 spiro atoms. The molecule has 2 aromatic carbocycles. The molecule has 0 atom stereocenters. The van der Waals surface area contributed by atoms with Crippen molar-refractivity contribution in [3.8, 4) is 23.8 Å². The molecule has 0 unspecified atom stereocenters. The maximum absolute atomic E-state index is 5.69. The molecule has 2 aromatic rings. The number of rotatable bonds is 2. The normalized spacial score (nSPS) is 9.50. The summed E-state index contributed by atoms with van der Waals surface area (Å²) >= 11 is 0. The van der Waals surface area contributed by atoms with E-state index in [1.54, 1.807) is 0 Å². The van der Waals surface area contributed by atoms with Gasteiger partial charge in [0.1, 0.15) is 11.5 Å². The largest absolute Gasteiger partial charge is 0.457 e. The van der Waals surface area contributed by atoms with Crippen LogP contribution in [0, 0.1) is 19.3 Å². The molecule has 0 amide bonds. The summed E-state index contributed by atoms with van der Waals surface area (Å²) in [4.78, 5) is 0. The minimum absolute atomic E-state index is 0.796. The van der Waals surface area contributed by atoms with E-state index in [1.165, 1.54) is 5.56 Å². The molecule has 78 valence electrons. The van der Waals surface area contributed by atoms with Gasteiger partial charge < -0.3 is 4.74 Å². The maximum Gasteiger partial charge on any atom is 0.127 e. The van der Waals surface area contributed by atoms with Gasteiger partial charge in [0.2, 0.25) is 0 Å². The molecule has 0 aliphatic rings. The van der Waals surface area contributed by atoms with E-state index in [-0.39, 0.29) is 0 Å². The van der Waals surface area contributed by atoms with Crippen LogP contribution in [0.25, 0.3) is 0 Å². The van der Waals surface area contributed by atoms with Crippen molar-refractivity contribution in [3.63, 3.8) is 0 Å². The van der Waals surface area contributed by atoms with Crippen LogP contribution >= 0.6 is 0 Å². The lowest BCUT2D eigenvalue weighted by Gasteiger charge is -2.06. The van der Waals surface area contributed by atoms with E-state index < -0.39 is 0 Å². The highest BCUT2D eigenvalue weighted by molar-refractivity contribution is 5.39. The van der Waals surface area contributed by atoms with Crippen LogP contribution in [-0.2, 0) is 0 Å². The van der Waals surface area contributed by atoms with Crippen molar-refractivity contribution in [1.82, 2.24) is 0 Å². The number of terminal acetylenes is 1. The zero-order valence-corrected chi connectivity index (χ0v) is 9.10. The molecule has 2 rings (SSSR count). The first-order chi connectivity index (χ1) is 7.78. The second-order valence-electron chi connectivity index (χ2n) is 3.59. The van der Waals surface area contributed by atoms with E-state index in [9.17, 15) is 0 Å². The van der Waals surface area contributed by atoms with Gasteiger partial charge in [-0.25, -0.2) is 0 Å². The van der Waals surface area contributed by atoms with Gasteiger partial charge in [-0.05, 0) is 48.9 Å². The second kappa shape index (κ2) is 4.55. The zero-order chi connectivity index (χ0) is 11.4. The van der Waals surface area contributed by atoms with Crippen molar-refractivity contribution in [2.45, 2.75) is 6.92 Å². The van der Waals surface area contributed by atoms with Crippen molar-refractivity contribution >= 4 is 0 Å². The third-order valence-electron chi connectivity index (χ3n) is 2.25. The molecule has 0 heterocycles. The van der Waals surface area contributed by atoms with Crippen LogP contribution in [-0.4, -0.2) is 0 Å². The highest BCUT2D eigenvalue weighted by Gasteiger charge is 1.97. The predicted molar refractivity (Wildman–Crippen MR) is 65.6 cm³/mol. The van der Waals surface area contributed by atoms with Crippen molar-refractivity contribution in [3.05, 3.63) is 59.7 Å². The fourth-order valence-electron chi connectivity index (χ4n) is 1.43. The van der Waals surface area contributed by atoms with Gasteiger partial charge in [0.25, 0.3) is 0 Å². The van der Waals surface area contributed by atoms with Crippen molar-refractivity contribution in [2.24, 2.45) is 0 Å². The quantitative estimate of drug-likeness (QED) is 0.683. The topological polar surface area (TPSA) is 9.23 Å². The minimum Gasteiger partial charge on any atom is -0.457 e. The molecule has 1 heteroatoms. The van der Waals surface area contributed by atoms with Crippen LogP contribution in [0.2, 0.25) is 0 Å². The Labute approximate surface area is 95.7 Å². The molecule has 0 N–H and O–H groups in total. The Morgan fingerprint density at radius 2 is 1.75 bits per heavy atom. The summed E-state index contributed by atoms with van der Waals surface area (Å²) in [7, 11) is 0. The summed E-state index contributed by atoms with van der Waals surface area (Å²) in [5.74, 6) is 4.21. The molecule has 0 fully saturated rings. The molecule has 0 saturated carbocycles. The molecule has 0 aliphatic heterocycles. The van der Waals surface area contributed by atoms with Crippen LogP contribution in [0.5, 0.6) is 11.5 Å². The highest BCUT2D eigenvalue weighted by Crippen LogP contribution is 2.22. The first-order valence-corrected chi connectivity index (χ1v) is 5.09. The van der Waals surface area contributed by atoms with Crippen LogP contribution in [0.3, 0.4) is 0 Å². The third-order valence-corrected chi connectivity index (χ3v) is 2.25. The number of ether oxygens (including phenoxy) is 1. The van der Waals surface area contributed by atoms with Crippen LogP contribution in [0.4, 0.5) is 0 Å². The summed E-state index contributed by atoms with van der Waals surface area (Å²) in [6, 6.07) is 15.4. The van der Waals surface area contributed by atoms with E-state index in [0.29, 0.717) is 0 Å². The first kappa shape index (κ1) is 10.3. The van der Waals surface area contributed by atoms with Gasteiger partial charge in [-0.2, -0.15) is 0 Å². The van der Waals surface area contributed by atoms with Gasteiger partial charge >= 0.3 is 0 Å². The number of aryl methyl sites for hydroxylation is 1. The molecule has 0 saturated heterocycles. The molecular weight excluding hydrogens is 196 g/mol. The summed E-state index contributed by atoms with van der Waals surface area (Å²) in [6.07, 6.45) is 5.28. The molecule has 0 radical (unpaired) electrons. The number of benzene rings is 2. The fourth-order valence-corrected chi connectivity index (χ4v) is 1.43. The SMILES string of the molecule is C#Cc1ccc(Oc2cccc(C)c2)cc1. The molecule has 0 bridgehead atoms. The van der Waals surface area contributed by atoms with E-state index >= 15 is 0 Å². The predicted octanol–water partition coefficient (Wildman–Crippen LogP) is 3.77. The Morgan fingerprint density at radius 3 is 2.38 bits per heavy atom. The Balaban J connectivity index is 2.18. The molecule has 1 nitrogen and oxygen atoms in total. The molecule has 16 heavy (non-hydrogen) atoms. The lowest BCUT2D eigenvalue weighted by atomic mass is 10.2. The Morgan fingerprint density at radius 1 is 1.00 bits per heavy atom. The zero-order valence-electron chi connectivity index (χ0n) is 9.10. The molecular formula is C15H12O. The smallest absolute Gasteiger partial charge is 0.127 e. The van der Waals surface area contributed by atoms with E-state index in [0.717, 1.165) is 17.1 Å². The van der Waals surface area contributed by atoms with Crippen LogP contribution < -0.4 is 4.74 Å². The van der Waals surface area contributed by atoms with Crippen molar-refractivity contribution in [1.29, 1.82) is 0 Å². The fraction of sp³-hybridized carbons (Fsp3) is 0.0667. The van der Waals surface area contributed by atoms with Gasteiger partial charge in [0, 0.05) is 5.56 Å². The van der Waals surface area contributed by atoms with E-state index in [4.69, 9.17) is 11.2 Å². The number of hydrogen-bond acceptors (Lipinski definition) is 1. The average molecular weight is 208 g/mol. The van der Waals surface area contributed by atoms with Crippen LogP contribution in [0.15, 0.2) is 48.5 Å². The third kappa shape index (κ3) is 2.43. The first-order valence-electron chi connectivity index (χ1n) is 5.09. The summed E-state index contributed by atoms with van der Waals surface area (Å²) in [5, 5.41) is 0. The van der Waals surface area contributed by atoms with Gasteiger partial charge in [0.15, 0.2) is 0 Å². The summed E-state index contributed by atoms with van der Waals surface area (Å²) in [6.45, 7) is 2.04. The Kier molecular flexibility index (Phi) is 2.93. The summed E-state index contributed by atoms with van der Waals surface area (Å²) in [5.41, 5.74) is 2.04. The number of hydrogen-bond donors (Lipinski definition) is 0. The average Bonchev–Trinajstić information content (AvgIpc) is 2.30. The van der Waals surface area contributed by atoms with Gasteiger partial charge in [0.05, 0.1) is 0 Å². The molecule has 0 aromatic heterocycles. The van der Waals surface area contributed by atoms with E-state index in [1.807, 2.05) is 55.5 Å². The van der Waals surface area contributed by atoms with Gasteiger partial charge in [-0.3, -0.25) is 0 Å². The standard InChI is InChI=1S/C15H12O/c1-3-13-7-9-14(10-8-13)16-15-6-4-5-12(2)11-15/h1,4-11H,2H3. The summed E-state index contributed by atoms with van der Waals surface area (Å²) < 4.78 is 5.69. The Bertz CT molecular complexity index is 518. The second-order valence-corrected chi connectivity index (χ2v) is 3.59. The van der Waals surface area contributed by atoms with Crippen LogP contribution in [0.1, 0.15) is 11.1 Å². The van der Waals surface area contributed by atoms with Crippen molar-refractivity contribution in [2.75, 3.05) is 0 Å². The monoisotopic (exact) mass is 208 g/mol. The van der Waals surface area contributed by atoms with E-state index in [2.05, 4.69) is 5.92 Å². The lowest BCUT2D eigenvalue weighted by molar-refractivity contribution is 0.482. The molecule has 0 aliphatic carbocycles. The lowest BCUT2D eigenvalue weighted by Crippen LogP contribution is -1.84. The van der Waals surface area contributed by atoms with Gasteiger partial charge in [-0.15, -0.1) is 6.42 Å². The van der Waals surface area contributed by atoms with Crippen molar-refractivity contribution < 1.29 is 4.74 Å². The Hall–Kier alpha value is -2.20. The van der Waals surface area contributed by atoms with Gasteiger partial charge in [-0.1, -0.05) is 18.1 Å². The minimum atomic E-state index is 0.796. The maximum atomic E-state index is 5.69. The highest BCUT2D eigenvalue weighted by atomic mass is 16.5.